The van der Waals surface area contributed by atoms with Crippen molar-refractivity contribution in [2.24, 2.45) is 0 Å². The summed E-state index contributed by atoms with van der Waals surface area (Å²) in [5, 5.41) is 0.249. The molecule has 0 spiro atoms. The molecule has 0 aliphatic carbocycles. The van der Waals surface area contributed by atoms with Crippen molar-refractivity contribution in [1.29, 1.82) is 0 Å². The molecule has 0 saturated carbocycles. The van der Waals surface area contributed by atoms with Crippen LogP contribution in [0.5, 0.6) is 17.2 Å². The number of hydrogen-bond donors (Lipinski definition) is 0. The minimum Gasteiger partial charge on any atom is -0.490 e. The maximum Gasteiger partial charge on any atom is 0.303 e. The van der Waals surface area contributed by atoms with Crippen LogP contribution < -0.4 is 19.6 Å². The van der Waals surface area contributed by atoms with E-state index in [9.17, 15) is 24.0 Å². The number of fused-ring (bicyclic) bond motifs is 2. The number of ether oxygens (including phenoxy) is 8. The first-order chi connectivity index (χ1) is 22.0. The van der Waals surface area contributed by atoms with E-state index in [0.29, 0.717) is 35.8 Å². The first-order valence-electron chi connectivity index (χ1n) is 14.4. The minimum atomic E-state index is -1.45. The van der Waals surface area contributed by atoms with Gasteiger partial charge in [0.05, 0.1) is 24.2 Å². The smallest absolute Gasteiger partial charge is 0.303 e. The lowest BCUT2D eigenvalue weighted by Crippen LogP contribution is -2.63. The number of hydrogen-bond acceptors (Lipinski definition) is 14. The maximum atomic E-state index is 13.5. The van der Waals surface area contributed by atoms with E-state index in [1.807, 2.05) is 0 Å². The molecule has 3 heterocycles. The van der Waals surface area contributed by atoms with Gasteiger partial charge in [-0.1, -0.05) is 6.07 Å². The van der Waals surface area contributed by atoms with Crippen molar-refractivity contribution in [3.8, 4) is 28.4 Å². The summed E-state index contributed by atoms with van der Waals surface area (Å²) in [5.41, 5.74) is 0.745. The summed E-state index contributed by atoms with van der Waals surface area (Å²) >= 11 is 0. The molecule has 244 valence electrons. The van der Waals surface area contributed by atoms with Gasteiger partial charge in [0, 0.05) is 40.2 Å². The van der Waals surface area contributed by atoms with E-state index >= 15 is 0 Å². The van der Waals surface area contributed by atoms with E-state index in [4.69, 9.17) is 42.3 Å². The molecule has 2 aliphatic heterocycles. The van der Waals surface area contributed by atoms with Gasteiger partial charge in [-0.3, -0.25) is 24.0 Å². The predicted molar refractivity (Wildman–Crippen MR) is 156 cm³/mol. The molecular weight excluding hydrogens is 608 g/mol. The molecule has 0 N–H and O–H groups in total. The summed E-state index contributed by atoms with van der Waals surface area (Å²) in [6, 6.07) is 9.61. The van der Waals surface area contributed by atoms with Crippen molar-refractivity contribution in [2.75, 3.05) is 19.8 Å². The second-order valence-electron chi connectivity index (χ2n) is 10.5. The average Bonchev–Trinajstić information content (AvgIpc) is 3.24. The Kier molecular flexibility index (Phi) is 9.75. The Morgan fingerprint density at radius 3 is 2.15 bits per heavy atom. The number of benzene rings is 2. The van der Waals surface area contributed by atoms with Crippen LogP contribution in [0.3, 0.4) is 0 Å². The van der Waals surface area contributed by atoms with Gasteiger partial charge in [0.15, 0.2) is 29.1 Å². The molecule has 1 aromatic heterocycles. The Morgan fingerprint density at radius 2 is 1.46 bits per heavy atom. The summed E-state index contributed by atoms with van der Waals surface area (Å²) in [5.74, 6) is -1.70. The molecular formula is C32H32O14. The molecule has 2 aliphatic rings. The third kappa shape index (κ3) is 7.40. The molecule has 0 bridgehead atoms. The fourth-order valence-corrected chi connectivity index (χ4v) is 5.13. The molecule has 5 atom stereocenters. The normalized spacial score (nSPS) is 22.2. The van der Waals surface area contributed by atoms with Crippen LogP contribution in [-0.4, -0.2) is 74.4 Å². The zero-order chi connectivity index (χ0) is 33.0. The molecule has 1 fully saturated rings. The van der Waals surface area contributed by atoms with Gasteiger partial charge >= 0.3 is 23.9 Å². The Morgan fingerprint density at radius 1 is 0.783 bits per heavy atom. The molecule has 5 rings (SSSR count). The SMILES string of the molecule is CC(=O)OCC1O[C@@H](Oc2ccc3c(=O)c(-c4ccc5c(c4)OCCCO5)coc3c2)C(OC(C)=O)C(OC(C)=O)[C@H]1OC(C)=O. The van der Waals surface area contributed by atoms with Crippen molar-refractivity contribution in [3.63, 3.8) is 0 Å². The van der Waals surface area contributed by atoms with E-state index in [-0.39, 0.29) is 22.1 Å². The van der Waals surface area contributed by atoms with Crippen LogP contribution in [-0.2, 0) is 42.9 Å². The second kappa shape index (κ2) is 13.9. The molecule has 1 saturated heterocycles. The fraction of sp³-hybridized carbons (Fsp3) is 0.406. The van der Waals surface area contributed by atoms with Crippen LogP contribution in [0, 0.1) is 0 Å². The van der Waals surface area contributed by atoms with Crippen LogP contribution in [0.1, 0.15) is 34.1 Å². The van der Waals surface area contributed by atoms with Crippen molar-refractivity contribution in [3.05, 3.63) is 52.9 Å². The molecule has 14 heteroatoms. The fourth-order valence-electron chi connectivity index (χ4n) is 5.13. The zero-order valence-corrected chi connectivity index (χ0v) is 25.5. The van der Waals surface area contributed by atoms with Gasteiger partial charge in [0.1, 0.15) is 30.3 Å². The minimum absolute atomic E-state index is 0.125. The maximum absolute atomic E-state index is 13.5. The standard InChI is InChI=1S/C32H32O14/c1-16(33)40-15-27-29(42-17(2)34)30(43-18(3)35)31(44-19(4)36)32(46-27)45-21-7-8-22-25(13-21)41-14-23(28(22)37)20-6-9-24-26(12-20)39-11-5-10-38-24/h6-9,12-14,27,29-32H,5,10-11,15H2,1-4H3/t27?,29-,30?,31?,32+/m0/s1. The van der Waals surface area contributed by atoms with Crippen molar-refractivity contribution in [2.45, 2.75) is 64.8 Å². The molecule has 2 aromatic carbocycles. The van der Waals surface area contributed by atoms with Crippen LogP contribution in [0.4, 0.5) is 0 Å². The highest BCUT2D eigenvalue weighted by Gasteiger charge is 2.53. The third-order valence-corrected chi connectivity index (χ3v) is 7.01. The summed E-state index contributed by atoms with van der Waals surface area (Å²) < 4.78 is 50.6. The van der Waals surface area contributed by atoms with Gasteiger partial charge < -0.3 is 42.3 Å². The number of esters is 4. The number of rotatable bonds is 8. The lowest BCUT2D eigenvalue weighted by molar-refractivity contribution is -0.288. The Bertz CT molecular complexity index is 1690. The van der Waals surface area contributed by atoms with Crippen molar-refractivity contribution in [1.82, 2.24) is 0 Å². The van der Waals surface area contributed by atoms with E-state index in [1.54, 1.807) is 18.2 Å². The lowest BCUT2D eigenvalue weighted by atomic mass is 9.98. The third-order valence-electron chi connectivity index (χ3n) is 7.01. The van der Waals surface area contributed by atoms with Crippen LogP contribution in [0.15, 0.2) is 51.9 Å². The van der Waals surface area contributed by atoms with E-state index < -0.39 is 61.2 Å². The van der Waals surface area contributed by atoms with Crippen LogP contribution in [0.25, 0.3) is 22.1 Å². The van der Waals surface area contributed by atoms with Gasteiger partial charge in [-0.15, -0.1) is 0 Å². The summed E-state index contributed by atoms with van der Waals surface area (Å²) in [6.07, 6.45) is -4.74. The number of carbonyl (C=O) groups excluding carboxylic acids is 4. The highest BCUT2D eigenvalue weighted by Crippen LogP contribution is 2.35. The van der Waals surface area contributed by atoms with E-state index in [1.165, 1.54) is 31.4 Å². The highest BCUT2D eigenvalue weighted by molar-refractivity contribution is 5.83. The summed E-state index contributed by atoms with van der Waals surface area (Å²) in [7, 11) is 0. The largest absolute Gasteiger partial charge is 0.490 e. The zero-order valence-electron chi connectivity index (χ0n) is 25.5. The molecule has 3 unspecified atom stereocenters. The Balaban J connectivity index is 1.46. The summed E-state index contributed by atoms with van der Waals surface area (Å²) in [4.78, 5) is 61.2. The molecule has 0 radical (unpaired) electrons. The Hall–Kier alpha value is -5.11. The van der Waals surface area contributed by atoms with E-state index in [0.717, 1.165) is 27.2 Å². The van der Waals surface area contributed by atoms with E-state index in [2.05, 4.69) is 0 Å². The molecule has 46 heavy (non-hydrogen) atoms. The molecule has 3 aromatic rings. The van der Waals surface area contributed by atoms with Gasteiger partial charge in [0.25, 0.3) is 0 Å². The van der Waals surface area contributed by atoms with Gasteiger partial charge in [-0.25, -0.2) is 0 Å². The quantitative estimate of drug-likeness (QED) is 0.260. The highest BCUT2D eigenvalue weighted by atomic mass is 16.7. The monoisotopic (exact) mass is 640 g/mol. The van der Waals surface area contributed by atoms with Gasteiger partial charge in [-0.2, -0.15) is 0 Å². The Labute approximate surface area is 262 Å². The lowest BCUT2D eigenvalue weighted by Gasteiger charge is -2.43. The van der Waals surface area contributed by atoms with Crippen molar-refractivity contribution < 1.29 is 61.5 Å². The second-order valence-corrected chi connectivity index (χ2v) is 10.5. The van der Waals surface area contributed by atoms with Crippen LogP contribution >= 0.6 is 0 Å². The van der Waals surface area contributed by atoms with Gasteiger partial charge in [0.2, 0.25) is 12.4 Å². The first-order valence-corrected chi connectivity index (χ1v) is 14.4. The molecule has 0 amide bonds. The van der Waals surface area contributed by atoms with Crippen LogP contribution in [0.2, 0.25) is 0 Å². The predicted octanol–water partition coefficient (Wildman–Crippen LogP) is 3.08. The first kappa shape index (κ1) is 32.3. The average molecular weight is 641 g/mol. The topological polar surface area (TPSA) is 172 Å². The number of carbonyl (C=O) groups is 4. The van der Waals surface area contributed by atoms with Gasteiger partial charge in [-0.05, 0) is 29.8 Å². The van der Waals surface area contributed by atoms with Crippen molar-refractivity contribution >= 4 is 34.8 Å². The summed E-state index contributed by atoms with van der Waals surface area (Å²) in [6.45, 7) is 5.16. The molecule has 14 nitrogen and oxygen atoms in total.